The van der Waals surface area contributed by atoms with Crippen LogP contribution in [0.5, 0.6) is 5.88 Å². The average Bonchev–Trinajstić information content (AvgIpc) is 2.46. The second-order valence-electron chi connectivity index (χ2n) is 5.45. The van der Waals surface area contributed by atoms with Gasteiger partial charge in [0.1, 0.15) is 12.0 Å². The highest BCUT2D eigenvalue weighted by Crippen LogP contribution is 2.30. The SMILES string of the molecule is CCCOc1ncnc(N2CCC(N(C)C)CC2)c1N. The summed E-state index contributed by atoms with van der Waals surface area (Å²) in [6.07, 6.45) is 4.73. The number of aromatic nitrogens is 2. The van der Waals surface area contributed by atoms with Gasteiger partial charge >= 0.3 is 0 Å². The monoisotopic (exact) mass is 279 g/mol. The smallest absolute Gasteiger partial charge is 0.242 e. The van der Waals surface area contributed by atoms with Gasteiger partial charge in [0.05, 0.1) is 6.61 Å². The lowest BCUT2D eigenvalue weighted by atomic mass is 10.0. The first-order valence-corrected chi connectivity index (χ1v) is 7.28. The molecule has 1 aromatic heterocycles. The molecule has 112 valence electrons. The van der Waals surface area contributed by atoms with Crippen LogP contribution in [0.25, 0.3) is 0 Å². The number of hydrogen-bond donors (Lipinski definition) is 1. The summed E-state index contributed by atoms with van der Waals surface area (Å²) in [6.45, 7) is 4.63. The van der Waals surface area contributed by atoms with Gasteiger partial charge in [-0.15, -0.1) is 0 Å². The van der Waals surface area contributed by atoms with E-state index in [9.17, 15) is 0 Å². The Kier molecular flexibility index (Phi) is 5.00. The van der Waals surface area contributed by atoms with Crippen molar-refractivity contribution < 1.29 is 4.74 Å². The lowest BCUT2D eigenvalue weighted by molar-refractivity contribution is 0.249. The summed E-state index contributed by atoms with van der Waals surface area (Å²) in [6, 6.07) is 0.644. The molecule has 1 aliphatic rings. The predicted octanol–water partition coefficient (Wildman–Crippen LogP) is 1.38. The standard InChI is InChI=1S/C14H25N5O/c1-4-9-20-14-12(15)13(16-10-17-14)19-7-5-11(6-8-19)18(2)3/h10-11H,4-9,15H2,1-3H3. The van der Waals surface area contributed by atoms with Crippen molar-refractivity contribution in [2.75, 3.05) is 44.4 Å². The summed E-state index contributed by atoms with van der Waals surface area (Å²) in [5, 5.41) is 0. The first kappa shape index (κ1) is 14.8. The van der Waals surface area contributed by atoms with Crippen LogP contribution in [0.4, 0.5) is 11.5 Å². The highest BCUT2D eigenvalue weighted by Gasteiger charge is 2.23. The first-order valence-electron chi connectivity index (χ1n) is 7.28. The van der Waals surface area contributed by atoms with E-state index >= 15 is 0 Å². The Hall–Kier alpha value is -1.56. The van der Waals surface area contributed by atoms with Crippen molar-refractivity contribution in [1.82, 2.24) is 14.9 Å². The Morgan fingerprint density at radius 2 is 2.05 bits per heavy atom. The van der Waals surface area contributed by atoms with Gasteiger partial charge in [0.2, 0.25) is 5.88 Å². The third kappa shape index (κ3) is 3.30. The van der Waals surface area contributed by atoms with Gasteiger partial charge in [0.25, 0.3) is 0 Å². The van der Waals surface area contributed by atoms with E-state index in [2.05, 4.69) is 40.8 Å². The Balaban J connectivity index is 2.06. The van der Waals surface area contributed by atoms with Crippen LogP contribution in [0.2, 0.25) is 0 Å². The second kappa shape index (κ2) is 6.74. The Labute approximate surface area is 120 Å². The predicted molar refractivity (Wildman–Crippen MR) is 81.2 cm³/mol. The summed E-state index contributed by atoms with van der Waals surface area (Å²) >= 11 is 0. The lowest BCUT2D eigenvalue weighted by Gasteiger charge is -2.36. The summed E-state index contributed by atoms with van der Waals surface area (Å²) < 4.78 is 5.57. The van der Waals surface area contributed by atoms with E-state index in [4.69, 9.17) is 10.5 Å². The van der Waals surface area contributed by atoms with E-state index in [1.54, 1.807) is 0 Å². The summed E-state index contributed by atoms with van der Waals surface area (Å²) in [7, 11) is 4.27. The lowest BCUT2D eigenvalue weighted by Crippen LogP contribution is -2.42. The number of anilines is 2. The zero-order valence-corrected chi connectivity index (χ0v) is 12.7. The Bertz CT molecular complexity index is 430. The van der Waals surface area contributed by atoms with Crippen LogP contribution in [0.15, 0.2) is 6.33 Å². The summed E-state index contributed by atoms with van der Waals surface area (Å²) in [5.41, 5.74) is 6.71. The highest BCUT2D eigenvalue weighted by molar-refractivity contribution is 5.67. The third-order valence-corrected chi connectivity index (χ3v) is 3.76. The molecule has 0 aliphatic carbocycles. The van der Waals surface area contributed by atoms with Gasteiger partial charge in [0, 0.05) is 19.1 Å². The Morgan fingerprint density at radius 1 is 1.35 bits per heavy atom. The molecule has 0 radical (unpaired) electrons. The van der Waals surface area contributed by atoms with Crippen molar-refractivity contribution in [3.63, 3.8) is 0 Å². The first-order chi connectivity index (χ1) is 9.63. The van der Waals surface area contributed by atoms with Gasteiger partial charge in [0.15, 0.2) is 5.82 Å². The van der Waals surface area contributed by atoms with Gasteiger partial charge in [-0.3, -0.25) is 0 Å². The second-order valence-corrected chi connectivity index (χ2v) is 5.45. The molecule has 1 fully saturated rings. The van der Waals surface area contributed by atoms with Crippen LogP contribution in [-0.4, -0.2) is 54.7 Å². The van der Waals surface area contributed by atoms with Crippen molar-refractivity contribution in [2.24, 2.45) is 0 Å². The number of piperidine rings is 1. The van der Waals surface area contributed by atoms with Crippen molar-refractivity contribution in [3.05, 3.63) is 6.33 Å². The van der Waals surface area contributed by atoms with Crippen LogP contribution in [0.1, 0.15) is 26.2 Å². The van der Waals surface area contributed by atoms with Crippen LogP contribution in [-0.2, 0) is 0 Å². The minimum absolute atomic E-state index is 0.506. The molecule has 0 atom stereocenters. The molecule has 0 spiro atoms. The number of nitrogens with two attached hydrogens (primary N) is 1. The fourth-order valence-electron chi connectivity index (χ4n) is 2.53. The van der Waals surface area contributed by atoms with E-state index in [0.29, 0.717) is 24.2 Å². The molecule has 0 saturated carbocycles. The maximum atomic E-state index is 6.15. The van der Waals surface area contributed by atoms with Crippen molar-refractivity contribution >= 4 is 11.5 Å². The number of ether oxygens (including phenoxy) is 1. The molecule has 0 aromatic carbocycles. The van der Waals surface area contributed by atoms with Crippen molar-refractivity contribution in [1.29, 1.82) is 0 Å². The molecule has 1 saturated heterocycles. The molecule has 0 unspecified atom stereocenters. The average molecular weight is 279 g/mol. The van der Waals surface area contributed by atoms with Gasteiger partial charge < -0.3 is 20.3 Å². The fraction of sp³-hybridized carbons (Fsp3) is 0.714. The van der Waals surface area contributed by atoms with E-state index in [-0.39, 0.29) is 0 Å². The molecule has 2 N–H and O–H groups in total. The van der Waals surface area contributed by atoms with Gasteiger partial charge in [-0.2, -0.15) is 4.98 Å². The third-order valence-electron chi connectivity index (χ3n) is 3.76. The molecule has 6 heteroatoms. The number of nitrogens with zero attached hydrogens (tertiary/aromatic N) is 4. The quantitative estimate of drug-likeness (QED) is 0.878. The molecule has 20 heavy (non-hydrogen) atoms. The minimum atomic E-state index is 0.506. The number of hydrogen-bond acceptors (Lipinski definition) is 6. The minimum Gasteiger partial charge on any atom is -0.476 e. The van der Waals surface area contributed by atoms with Crippen LogP contribution < -0.4 is 15.4 Å². The normalized spacial score (nSPS) is 16.7. The highest BCUT2D eigenvalue weighted by atomic mass is 16.5. The molecule has 2 heterocycles. The maximum Gasteiger partial charge on any atom is 0.242 e. The van der Waals surface area contributed by atoms with Crippen molar-refractivity contribution in [2.45, 2.75) is 32.2 Å². The van der Waals surface area contributed by atoms with Gasteiger partial charge in [-0.05, 0) is 33.4 Å². The summed E-state index contributed by atoms with van der Waals surface area (Å²) in [4.78, 5) is 13.0. The van der Waals surface area contributed by atoms with E-state index in [1.807, 2.05) is 0 Å². The molecular weight excluding hydrogens is 254 g/mol. The molecule has 6 nitrogen and oxygen atoms in total. The summed E-state index contributed by atoms with van der Waals surface area (Å²) in [5.74, 6) is 1.31. The molecular formula is C14H25N5O. The van der Waals surface area contributed by atoms with E-state index in [1.165, 1.54) is 6.33 Å². The van der Waals surface area contributed by atoms with Gasteiger partial charge in [-0.25, -0.2) is 4.98 Å². The topological polar surface area (TPSA) is 67.5 Å². The molecule has 0 bridgehead atoms. The number of rotatable bonds is 5. The molecule has 0 amide bonds. The Morgan fingerprint density at radius 3 is 2.65 bits per heavy atom. The van der Waals surface area contributed by atoms with E-state index < -0.39 is 0 Å². The zero-order chi connectivity index (χ0) is 14.5. The number of nitrogen functional groups attached to an aromatic ring is 1. The molecule has 2 rings (SSSR count). The molecule has 1 aliphatic heterocycles. The van der Waals surface area contributed by atoms with E-state index in [0.717, 1.165) is 38.2 Å². The molecule has 1 aromatic rings. The van der Waals surface area contributed by atoms with Crippen LogP contribution >= 0.6 is 0 Å². The largest absolute Gasteiger partial charge is 0.476 e. The zero-order valence-electron chi connectivity index (χ0n) is 12.7. The van der Waals surface area contributed by atoms with Crippen LogP contribution in [0, 0.1) is 0 Å². The van der Waals surface area contributed by atoms with Gasteiger partial charge in [-0.1, -0.05) is 6.92 Å². The van der Waals surface area contributed by atoms with Crippen LogP contribution in [0.3, 0.4) is 0 Å². The van der Waals surface area contributed by atoms with Crippen molar-refractivity contribution in [3.8, 4) is 5.88 Å². The fourth-order valence-corrected chi connectivity index (χ4v) is 2.53. The maximum absolute atomic E-state index is 6.15.